The molecule has 0 spiro atoms. The molecular weight excluding hydrogens is 614 g/mol. The van der Waals surface area contributed by atoms with Gasteiger partial charge < -0.3 is 14.2 Å². The average Bonchev–Trinajstić information content (AvgIpc) is 2.95. The van der Waals surface area contributed by atoms with Crippen LogP contribution in [0.25, 0.3) is 6.08 Å². The fraction of sp³-hybridized carbons (Fsp3) is 0.172. The number of nitro groups is 1. The topological polar surface area (TPSA) is 154 Å². The monoisotopic (exact) mass is 637 g/mol. The number of carbonyl (C=O) groups is 4. The summed E-state index contributed by atoms with van der Waals surface area (Å²) in [7, 11) is 0. The number of non-ortho nitro benzene ring substituents is 1. The van der Waals surface area contributed by atoms with E-state index in [1.54, 1.807) is 38.1 Å². The SMILES string of the molecule is CCOC(=O)c1ccc(N2C(=O)NC(=O)/C(=C\c3cc(Br)c(OCc4ccc([N+](=O)[O-])cc4)c(OCC)c3)C2=O)cc1. The lowest BCUT2D eigenvalue weighted by atomic mass is 10.1. The van der Waals surface area contributed by atoms with E-state index in [2.05, 4.69) is 21.2 Å². The third-order valence-corrected chi connectivity index (χ3v) is 6.50. The number of amides is 4. The number of benzene rings is 3. The first-order valence-electron chi connectivity index (χ1n) is 12.6. The van der Waals surface area contributed by atoms with Gasteiger partial charge in [-0.05, 0) is 95.5 Å². The van der Waals surface area contributed by atoms with Gasteiger partial charge in [0.1, 0.15) is 12.2 Å². The number of esters is 1. The third-order valence-electron chi connectivity index (χ3n) is 5.91. The lowest BCUT2D eigenvalue weighted by Crippen LogP contribution is -2.54. The Hall–Kier alpha value is -5.04. The quantitative estimate of drug-likeness (QED) is 0.104. The van der Waals surface area contributed by atoms with Crippen LogP contribution in [0.1, 0.15) is 35.3 Å². The fourth-order valence-corrected chi connectivity index (χ4v) is 4.54. The van der Waals surface area contributed by atoms with E-state index in [0.29, 0.717) is 27.1 Å². The fourth-order valence-electron chi connectivity index (χ4n) is 3.96. The molecule has 3 aromatic rings. The van der Waals surface area contributed by atoms with Crippen molar-refractivity contribution in [3.63, 3.8) is 0 Å². The molecule has 1 N–H and O–H groups in total. The van der Waals surface area contributed by atoms with Crippen molar-refractivity contribution in [1.29, 1.82) is 0 Å². The van der Waals surface area contributed by atoms with E-state index in [9.17, 15) is 29.3 Å². The van der Waals surface area contributed by atoms with Crippen LogP contribution < -0.4 is 19.7 Å². The van der Waals surface area contributed by atoms with E-state index in [0.717, 1.165) is 4.90 Å². The predicted molar refractivity (Wildman–Crippen MR) is 154 cm³/mol. The Bertz CT molecular complexity index is 1590. The molecule has 0 unspecified atom stereocenters. The summed E-state index contributed by atoms with van der Waals surface area (Å²) in [6.07, 6.45) is 1.32. The van der Waals surface area contributed by atoms with Crippen molar-refractivity contribution < 1.29 is 38.3 Å². The standard InChI is InChI=1S/C29H24BrN3O9/c1-3-40-24-15-18(14-23(30)25(24)42-16-17-5-9-21(10-6-17)33(38)39)13-22-26(34)31-29(37)32(27(22)35)20-11-7-19(8-12-20)28(36)41-4-2/h5-15H,3-4,16H2,1-2H3,(H,31,34,37)/b22-13+. The van der Waals surface area contributed by atoms with E-state index in [1.165, 1.54) is 42.5 Å². The van der Waals surface area contributed by atoms with Gasteiger partial charge in [-0.15, -0.1) is 0 Å². The van der Waals surface area contributed by atoms with Gasteiger partial charge in [0.05, 0.1) is 33.9 Å². The van der Waals surface area contributed by atoms with Crippen molar-refractivity contribution in [2.75, 3.05) is 18.1 Å². The number of barbiturate groups is 1. The maximum absolute atomic E-state index is 13.3. The molecule has 4 amide bonds. The van der Waals surface area contributed by atoms with Crippen molar-refractivity contribution in [2.24, 2.45) is 0 Å². The summed E-state index contributed by atoms with van der Waals surface area (Å²) >= 11 is 3.44. The van der Waals surface area contributed by atoms with Gasteiger partial charge >= 0.3 is 12.0 Å². The molecule has 0 radical (unpaired) electrons. The van der Waals surface area contributed by atoms with Crippen LogP contribution in [-0.4, -0.2) is 42.0 Å². The van der Waals surface area contributed by atoms with Crippen LogP contribution >= 0.6 is 15.9 Å². The summed E-state index contributed by atoms with van der Waals surface area (Å²) in [4.78, 5) is 61.8. The highest BCUT2D eigenvalue weighted by Crippen LogP contribution is 2.38. The summed E-state index contributed by atoms with van der Waals surface area (Å²) in [6, 6.07) is 13.8. The van der Waals surface area contributed by atoms with Crippen LogP contribution in [0.3, 0.4) is 0 Å². The molecule has 0 aromatic heterocycles. The molecule has 0 saturated carbocycles. The zero-order chi connectivity index (χ0) is 30.4. The number of nitrogens with one attached hydrogen (secondary N) is 1. The Morgan fingerprint density at radius 2 is 1.69 bits per heavy atom. The number of anilines is 1. The van der Waals surface area contributed by atoms with E-state index < -0.39 is 28.7 Å². The van der Waals surface area contributed by atoms with Crippen LogP contribution in [0.5, 0.6) is 11.5 Å². The highest BCUT2D eigenvalue weighted by molar-refractivity contribution is 9.10. The van der Waals surface area contributed by atoms with Gasteiger partial charge in [0.25, 0.3) is 17.5 Å². The number of urea groups is 1. The van der Waals surface area contributed by atoms with Crippen molar-refractivity contribution >= 4 is 57.2 Å². The number of rotatable bonds is 10. The molecule has 1 aliphatic heterocycles. The lowest BCUT2D eigenvalue weighted by molar-refractivity contribution is -0.384. The molecule has 0 aliphatic carbocycles. The number of carbonyl (C=O) groups excluding carboxylic acids is 4. The number of nitrogens with zero attached hydrogens (tertiary/aromatic N) is 2. The Kier molecular flexibility index (Phi) is 9.32. The number of ether oxygens (including phenoxy) is 3. The second-order valence-corrected chi connectivity index (χ2v) is 9.55. The summed E-state index contributed by atoms with van der Waals surface area (Å²) < 4.78 is 17.1. The van der Waals surface area contributed by atoms with E-state index in [1.807, 2.05) is 0 Å². The minimum absolute atomic E-state index is 0.0393. The summed E-state index contributed by atoms with van der Waals surface area (Å²) in [5, 5.41) is 13.1. The molecule has 1 saturated heterocycles. The molecule has 216 valence electrons. The molecule has 3 aromatic carbocycles. The number of nitro benzene ring substituents is 1. The maximum atomic E-state index is 13.3. The third kappa shape index (κ3) is 6.63. The maximum Gasteiger partial charge on any atom is 0.338 e. The van der Waals surface area contributed by atoms with Gasteiger partial charge in [-0.2, -0.15) is 0 Å². The van der Waals surface area contributed by atoms with Crippen LogP contribution in [0.4, 0.5) is 16.2 Å². The molecular formula is C29H24BrN3O9. The Balaban J connectivity index is 1.60. The largest absolute Gasteiger partial charge is 0.490 e. The van der Waals surface area contributed by atoms with E-state index in [4.69, 9.17) is 14.2 Å². The first-order chi connectivity index (χ1) is 20.1. The molecule has 0 bridgehead atoms. The molecule has 0 atom stereocenters. The number of hydrogen-bond acceptors (Lipinski definition) is 9. The minimum Gasteiger partial charge on any atom is -0.490 e. The highest BCUT2D eigenvalue weighted by atomic mass is 79.9. The molecule has 1 heterocycles. The zero-order valence-corrected chi connectivity index (χ0v) is 24.0. The van der Waals surface area contributed by atoms with Gasteiger partial charge in [0.2, 0.25) is 0 Å². The summed E-state index contributed by atoms with van der Waals surface area (Å²) in [5.74, 6) is -1.63. The lowest BCUT2D eigenvalue weighted by Gasteiger charge is -2.26. The van der Waals surface area contributed by atoms with Gasteiger partial charge in [0.15, 0.2) is 11.5 Å². The van der Waals surface area contributed by atoms with Crippen molar-refractivity contribution in [1.82, 2.24) is 5.32 Å². The van der Waals surface area contributed by atoms with Crippen molar-refractivity contribution in [3.05, 3.63) is 97.5 Å². The normalized spacial score (nSPS) is 14.0. The highest BCUT2D eigenvalue weighted by Gasteiger charge is 2.37. The van der Waals surface area contributed by atoms with Gasteiger partial charge in [-0.3, -0.25) is 25.0 Å². The van der Waals surface area contributed by atoms with Crippen LogP contribution in [-0.2, 0) is 20.9 Å². The van der Waals surface area contributed by atoms with Gasteiger partial charge in [-0.25, -0.2) is 14.5 Å². The van der Waals surface area contributed by atoms with Crippen LogP contribution in [0.15, 0.2) is 70.7 Å². The van der Waals surface area contributed by atoms with Gasteiger partial charge in [0, 0.05) is 12.1 Å². The predicted octanol–water partition coefficient (Wildman–Crippen LogP) is 5.18. The molecule has 1 aliphatic rings. The minimum atomic E-state index is -0.933. The number of imide groups is 2. The molecule has 13 heteroatoms. The first-order valence-corrected chi connectivity index (χ1v) is 13.4. The number of halogens is 1. The molecule has 42 heavy (non-hydrogen) atoms. The number of hydrogen-bond donors (Lipinski definition) is 1. The summed E-state index contributed by atoms with van der Waals surface area (Å²) in [5.41, 5.74) is 1.13. The first kappa shape index (κ1) is 29.9. The second-order valence-electron chi connectivity index (χ2n) is 8.70. The molecule has 12 nitrogen and oxygen atoms in total. The molecule has 1 fully saturated rings. The Morgan fingerprint density at radius 1 is 1.00 bits per heavy atom. The van der Waals surface area contributed by atoms with Crippen molar-refractivity contribution in [2.45, 2.75) is 20.5 Å². The van der Waals surface area contributed by atoms with Crippen LogP contribution in [0.2, 0.25) is 0 Å². The summed E-state index contributed by atoms with van der Waals surface area (Å²) in [6.45, 7) is 4.01. The van der Waals surface area contributed by atoms with E-state index >= 15 is 0 Å². The second kappa shape index (κ2) is 13.1. The van der Waals surface area contributed by atoms with Crippen molar-refractivity contribution in [3.8, 4) is 11.5 Å². The average molecular weight is 638 g/mol. The smallest absolute Gasteiger partial charge is 0.338 e. The Morgan fingerprint density at radius 3 is 2.31 bits per heavy atom. The van der Waals surface area contributed by atoms with Gasteiger partial charge in [-0.1, -0.05) is 0 Å². The Labute approximate surface area is 248 Å². The molecule has 4 rings (SSSR count). The van der Waals surface area contributed by atoms with Crippen LogP contribution in [0, 0.1) is 10.1 Å². The van der Waals surface area contributed by atoms with E-state index in [-0.39, 0.29) is 42.3 Å². The zero-order valence-electron chi connectivity index (χ0n) is 22.4.